The number of carbonyl (C=O) groups excluding carboxylic acids is 1. The summed E-state index contributed by atoms with van der Waals surface area (Å²) in [5.41, 5.74) is 1.30. The van der Waals surface area contributed by atoms with Gasteiger partial charge in [0.05, 0.1) is 0 Å². The molecular formula is C18H20O3. The van der Waals surface area contributed by atoms with E-state index in [-0.39, 0.29) is 6.10 Å². The van der Waals surface area contributed by atoms with Gasteiger partial charge in [-0.25, -0.2) is 4.79 Å². The minimum absolute atomic E-state index is 0.148. The highest BCUT2D eigenvalue weighted by molar-refractivity contribution is 5.63. The molecule has 0 aliphatic carbocycles. The number of benzene rings is 2. The second-order valence-electron chi connectivity index (χ2n) is 4.97. The first-order chi connectivity index (χ1) is 10.2. The molecule has 0 fully saturated rings. The Balaban J connectivity index is 1.67. The van der Waals surface area contributed by atoms with E-state index < -0.39 is 6.16 Å². The molecule has 2 aromatic rings. The van der Waals surface area contributed by atoms with Crippen LogP contribution in [-0.2, 0) is 11.2 Å². The van der Waals surface area contributed by atoms with Crippen molar-refractivity contribution in [3.63, 3.8) is 0 Å². The molecule has 3 nitrogen and oxygen atoms in total. The Labute approximate surface area is 125 Å². The lowest BCUT2D eigenvalue weighted by Crippen LogP contribution is -2.18. The summed E-state index contributed by atoms with van der Waals surface area (Å²) in [6, 6.07) is 19.2. The Morgan fingerprint density at radius 2 is 1.62 bits per heavy atom. The van der Waals surface area contributed by atoms with Gasteiger partial charge in [0.1, 0.15) is 11.9 Å². The molecule has 0 amide bonds. The summed E-state index contributed by atoms with van der Waals surface area (Å²) in [6.45, 7) is 1.89. The van der Waals surface area contributed by atoms with E-state index in [1.54, 1.807) is 12.1 Å². The molecule has 0 heterocycles. The maximum Gasteiger partial charge on any atom is 0.514 e. The van der Waals surface area contributed by atoms with Gasteiger partial charge in [-0.1, -0.05) is 48.5 Å². The molecule has 110 valence electrons. The lowest BCUT2D eigenvalue weighted by Gasteiger charge is -2.12. The van der Waals surface area contributed by atoms with Crippen LogP contribution in [0, 0.1) is 0 Å². The van der Waals surface area contributed by atoms with E-state index in [1.165, 1.54) is 5.56 Å². The summed E-state index contributed by atoms with van der Waals surface area (Å²) in [6.07, 6.45) is 1.99. The molecule has 0 aliphatic rings. The fourth-order valence-electron chi connectivity index (χ4n) is 2.07. The number of para-hydroxylation sites is 1. The van der Waals surface area contributed by atoms with Gasteiger partial charge in [0.25, 0.3) is 0 Å². The third-order valence-corrected chi connectivity index (χ3v) is 3.16. The van der Waals surface area contributed by atoms with Crippen molar-refractivity contribution in [3.05, 3.63) is 66.2 Å². The van der Waals surface area contributed by atoms with Crippen LogP contribution in [0.2, 0.25) is 0 Å². The van der Waals surface area contributed by atoms with Crippen molar-refractivity contribution in [2.45, 2.75) is 32.3 Å². The van der Waals surface area contributed by atoms with Gasteiger partial charge in [0.2, 0.25) is 0 Å². The summed E-state index contributed by atoms with van der Waals surface area (Å²) in [5.74, 6) is 0.499. The monoisotopic (exact) mass is 284 g/mol. The summed E-state index contributed by atoms with van der Waals surface area (Å²) < 4.78 is 10.3. The molecule has 21 heavy (non-hydrogen) atoms. The van der Waals surface area contributed by atoms with Gasteiger partial charge in [-0.15, -0.1) is 0 Å². The van der Waals surface area contributed by atoms with E-state index in [0.717, 1.165) is 19.3 Å². The Bertz CT molecular complexity index is 537. The van der Waals surface area contributed by atoms with Crippen molar-refractivity contribution in [1.29, 1.82) is 0 Å². The summed E-state index contributed by atoms with van der Waals surface area (Å²) in [7, 11) is 0. The van der Waals surface area contributed by atoms with Crippen LogP contribution in [0.5, 0.6) is 5.75 Å². The minimum atomic E-state index is -0.645. The van der Waals surface area contributed by atoms with Crippen molar-refractivity contribution in [2.75, 3.05) is 0 Å². The van der Waals surface area contributed by atoms with Gasteiger partial charge >= 0.3 is 6.16 Å². The van der Waals surface area contributed by atoms with Gasteiger partial charge in [-0.2, -0.15) is 0 Å². The van der Waals surface area contributed by atoms with E-state index in [2.05, 4.69) is 12.1 Å². The number of hydrogen-bond donors (Lipinski definition) is 0. The molecule has 3 heteroatoms. The standard InChI is InChI=1S/C18H20O3/c1-15(9-8-12-16-10-4-2-5-11-16)20-18(19)21-17-13-6-3-7-14-17/h2-7,10-11,13-15H,8-9,12H2,1H3. The van der Waals surface area contributed by atoms with Gasteiger partial charge < -0.3 is 9.47 Å². The predicted octanol–water partition coefficient (Wildman–Crippen LogP) is 4.61. The molecular weight excluding hydrogens is 264 g/mol. The molecule has 0 saturated heterocycles. The highest BCUT2D eigenvalue weighted by Gasteiger charge is 2.11. The third-order valence-electron chi connectivity index (χ3n) is 3.16. The first kappa shape index (κ1) is 15.1. The van der Waals surface area contributed by atoms with E-state index in [4.69, 9.17) is 9.47 Å². The van der Waals surface area contributed by atoms with E-state index in [1.807, 2.05) is 43.3 Å². The summed E-state index contributed by atoms with van der Waals surface area (Å²) >= 11 is 0. The van der Waals surface area contributed by atoms with Crippen LogP contribution >= 0.6 is 0 Å². The lowest BCUT2D eigenvalue weighted by atomic mass is 10.1. The first-order valence-electron chi connectivity index (χ1n) is 7.21. The molecule has 0 spiro atoms. The van der Waals surface area contributed by atoms with E-state index >= 15 is 0 Å². The van der Waals surface area contributed by atoms with Crippen LogP contribution in [0.4, 0.5) is 4.79 Å². The number of ether oxygens (including phenoxy) is 2. The zero-order chi connectivity index (χ0) is 14.9. The zero-order valence-electron chi connectivity index (χ0n) is 12.2. The Kier molecular flexibility index (Phi) is 5.83. The maximum atomic E-state index is 11.6. The predicted molar refractivity (Wildman–Crippen MR) is 82.4 cm³/mol. The van der Waals surface area contributed by atoms with Crippen molar-refractivity contribution in [1.82, 2.24) is 0 Å². The molecule has 2 aromatic carbocycles. The number of aryl methyl sites for hydroxylation is 1. The van der Waals surface area contributed by atoms with Crippen LogP contribution in [0.25, 0.3) is 0 Å². The Hall–Kier alpha value is -2.29. The Morgan fingerprint density at radius 3 is 2.29 bits per heavy atom. The second kappa shape index (κ2) is 8.10. The van der Waals surface area contributed by atoms with Crippen LogP contribution < -0.4 is 4.74 Å². The molecule has 0 saturated carbocycles. The molecule has 2 rings (SSSR count). The van der Waals surface area contributed by atoms with Crippen molar-refractivity contribution in [2.24, 2.45) is 0 Å². The van der Waals surface area contributed by atoms with Crippen molar-refractivity contribution >= 4 is 6.16 Å². The Morgan fingerprint density at radius 1 is 1.00 bits per heavy atom. The van der Waals surface area contributed by atoms with Gasteiger partial charge in [0, 0.05) is 0 Å². The second-order valence-corrected chi connectivity index (χ2v) is 4.97. The van der Waals surface area contributed by atoms with E-state index in [0.29, 0.717) is 5.75 Å². The fourth-order valence-corrected chi connectivity index (χ4v) is 2.07. The number of carbonyl (C=O) groups is 1. The lowest BCUT2D eigenvalue weighted by molar-refractivity contribution is 0.0616. The molecule has 1 atom stereocenters. The fraction of sp³-hybridized carbons (Fsp3) is 0.278. The molecule has 0 N–H and O–H groups in total. The minimum Gasteiger partial charge on any atom is -0.431 e. The van der Waals surface area contributed by atoms with Crippen molar-refractivity contribution in [3.8, 4) is 5.75 Å². The topological polar surface area (TPSA) is 35.5 Å². The van der Waals surface area contributed by atoms with Crippen LogP contribution in [-0.4, -0.2) is 12.3 Å². The molecule has 1 unspecified atom stereocenters. The highest BCUT2D eigenvalue weighted by Crippen LogP contribution is 2.12. The third kappa shape index (κ3) is 5.69. The average Bonchev–Trinajstić information content (AvgIpc) is 2.49. The summed E-state index contributed by atoms with van der Waals surface area (Å²) in [4.78, 5) is 11.6. The zero-order valence-corrected chi connectivity index (χ0v) is 12.2. The SMILES string of the molecule is CC(CCCc1ccccc1)OC(=O)Oc1ccccc1. The molecule has 0 aromatic heterocycles. The summed E-state index contributed by atoms with van der Waals surface area (Å²) in [5, 5.41) is 0. The van der Waals surface area contributed by atoms with Crippen molar-refractivity contribution < 1.29 is 14.3 Å². The van der Waals surface area contributed by atoms with Crippen LogP contribution in [0.15, 0.2) is 60.7 Å². The largest absolute Gasteiger partial charge is 0.514 e. The molecule has 0 bridgehead atoms. The average molecular weight is 284 g/mol. The molecule has 0 radical (unpaired) electrons. The van der Waals surface area contributed by atoms with Gasteiger partial charge in [-0.05, 0) is 43.9 Å². The highest BCUT2D eigenvalue weighted by atomic mass is 16.7. The quantitative estimate of drug-likeness (QED) is 0.574. The normalized spacial score (nSPS) is 11.7. The van der Waals surface area contributed by atoms with Crippen LogP contribution in [0.1, 0.15) is 25.3 Å². The first-order valence-corrected chi connectivity index (χ1v) is 7.21. The number of rotatable bonds is 6. The maximum absolute atomic E-state index is 11.6. The van der Waals surface area contributed by atoms with E-state index in [9.17, 15) is 4.79 Å². The van der Waals surface area contributed by atoms with Gasteiger partial charge in [-0.3, -0.25) is 0 Å². The molecule has 0 aliphatic heterocycles. The number of hydrogen-bond acceptors (Lipinski definition) is 3. The smallest absolute Gasteiger partial charge is 0.431 e. The van der Waals surface area contributed by atoms with Gasteiger partial charge in [0.15, 0.2) is 0 Å². The van der Waals surface area contributed by atoms with Crippen LogP contribution in [0.3, 0.4) is 0 Å².